The molecule has 2 N–H and O–H groups in total. The van der Waals surface area contributed by atoms with Crippen LogP contribution in [0.15, 0.2) is 24.3 Å². The van der Waals surface area contributed by atoms with Gasteiger partial charge in [-0.25, -0.2) is 4.39 Å². The lowest BCUT2D eigenvalue weighted by atomic mass is 10.1. The second-order valence-corrected chi connectivity index (χ2v) is 6.27. The summed E-state index contributed by atoms with van der Waals surface area (Å²) in [5.41, 5.74) is 1.55. The van der Waals surface area contributed by atoms with Gasteiger partial charge in [0.2, 0.25) is 12.2 Å². The van der Waals surface area contributed by atoms with Crippen molar-refractivity contribution in [3.8, 4) is 11.4 Å². The number of amides is 1. The van der Waals surface area contributed by atoms with Gasteiger partial charge in [0.1, 0.15) is 5.82 Å². The Morgan fingerprint density at radius 1 is 1.26 bits per heavy atom. The highest BCUT2D eigenvalue weighted by atomic mass is 19.1. The maximum absolute atomic E-state index is 12.9. The van der Waals surface area contributed by atoms with Gasteiger partial charge in [0.15, 0.2) is 0 Å². The zero-order valence-electron chi connectivity index (χ0n) is 15.5. The van der Waals surface area contributed by atoms with Crippen molar-refractivity contribution in [3.63, 3.8) is 0 Å². The van der Waals surface area contributed by atoms with Gasteiger partial charge in [0.05, 0.1) is 11.8 Å². The first kappa shape index (κ1) is 20.3. The third kappa shape index (κ3) is 5.77. The predicted octanol–water partition coefficient (Wildman–Crippen LogP) is 2.73. The number of nitrogens with one attached hydrogen (secondary N) is 2. The van der Waals surface area contributed by atoms with Crippen LogP contribution in [0.5, 0.6) is 0 Å². The molecule has 1 aliphatic heterocycles. The van der Waals surface area contributed by atoms with E-state index in [2.05, 4.69) is 15.4 Å². The monoisotopic (exact) mass is 373 g/mol. The Labute approximate surface area is 157 Å². The Kier molecular flexibility index (Phi) is 7.27. The first-order valence-electron chi connectivity index (χ1n) is 8.82. The minimum Gasteiger partial charge on any atom is -0.345 e. The molecule has 0 radical (unpaired) electrons. The molecule has 0 atom stereocenters. The predicted molar refractivity (Wildman–Crippen MR) is 101 cm³/mol. The first-order chi connectivity index (χ1) is 12.9. The highest BCUT2D eigenvalue weighted by molar-refractivity contribution is 6.38. The second kappa shape index (κ2) is 9.65. The maximum Gasteiger partial charge on any atom is 0.209 e. The molecule has 144 valence electrons. The fraction of sp³-hybridized carbons (Fsp3) is 0.444. The van der Waals surface area contributed by atoms with Gasteiger partial charge in [0.25, 0.3) is 0 Å². The number of benzene rings is 1. The average Bonchev–Trinajstić information content (AvgIpc) is 3.18. The molecule has 0 unspecified atom stereocenters. The van der Waals surface area contributed by atoms with E-state index in [4.69, 9.17) is 10.8 Å². The Morgan fingerprint density at radius 2 is 1.89 bits per heavy atom. The molecule has 27 heavy (non-hydrogen) atoms. The van der Waals surface area contributed by atoms with Gasteiger partial charge in [-0.15, -0.1) is 10.2 Å². The standard InChI is InChI=1S/C13H14FN5O.C5H10N2/c14-11-3-1-10(2-4-11)13-15-17-19(16-13)12-5-7-18(9-20)8-6-12;1-3-5(7)4(2)6/h1-4,9,12H,5-8H2;6-7H,3H2,1-2H3. The van der Waals surface area contributed by atoms with Crippen LogP contribution >= 0.6 is 0 Å². The largest absolute Gasteiger partial charge is 0.345 e. The highest BCUT2D eigenvalue weighted by Gasteiger charge is 2.22. The molecule has 9 heteroatoms. The third-order valence-electron chi connectivity index (χ3n) is 4.31. The summed E-state index contributed by atoms with van der Waals surface area (Å²) in [4.78, 5) is 14.0. The van der Waals surface area contributed by atoms with Gasteiger partial charge in [-0.3, -0.25) is 4.79 Å². The van der Waals surface area contributed by atoms with E-state index >= 15 is 0 Å². The van der Waals surface area contributed by atoms with Crippen LogP contribution < -0.4 is 0 Å². The highest BCUT2D eigenvalue weighted by Crippen LogP contribution is 2.21. The van der Waals surface area contributed by atoms with E-state index < -0.39 is 0 Å². The number of nitrogens with zero attached hydrogens (tertiary/aromatic N) is 5. The van der Waals surface area contributed by atoms with Crippen molar-refractivity contribution in [2.45, 2.75) is 39.2 Å². The van der Waals surface area contributed by atoms with Crippen molar-refractivity contribution < 1.29 is 9.18 Å². The van der Waals surface area contributed by atoms with Crippen molar-refractivity contribution in [2.75, 3.05) is 13.1 Å². The summed E-state index contributed by atoms with van der Waals surface area (Å²) < 4.78 is 12.9. The van der Waals surface area contributed by atoms with Crippen LogP contribution in [0.2, 0.25) is 0 Å². The molecule has 2 heterocycles. The van der Waals surface area contributed by atoms with Crippen molar-refractivity contribution in [1.29, 1.82) is 10.8 Å². The van der Waals surface area contributed by atoms with Gasteiger partial charge < -0.3 is 15.7 Å². The van der Waals surface area contributed by atoms with Crippen LogP contribution in [-0.4, -0.2) is 56.0 Å². The molecule has 0 bridgehead atoms. The molecule has 1 saturated heterocycles. The van der Waals surface area contributed by atoms with E-state index in [9.17, 15) is 9.18 Å². The maximum atomic E-state index is 12.9. The fourth-order valence-electron chi connectivity index (χ4n) is 2.58. The Bertz CT molecular complexity index is 779. The van der Waals surface area contributed by atoms with Crippen LogP contribution in [0.1, 0.15) is 39.2 Å². The SMILES string of the molecule is CCC(=N)C(C)=N.O=CN1CCC(n2nnc(-c3ccc(F)cc3)n2)CC1. The minimum atomic E-state index is -0.289. The number of aromatic nitrogens is 4. The Morgan fingerprint density at radius 3 is 2.37 bits per heavy atom. The molecule has 3 rings (SSSR count). The van der Waals surface area contributed by atoms with Crippen LogP contribution in [0.3, 0.4) is 0 Å². The average molecular weight is 373 g/mol. The van der Waals surface area contributed by atoms with Crippen molar-refractivity contribution in [2.24, 2.45) is 0 Å². The molecule has 1 fully saturated rings. The van der Waals surface area contributed by atoms with E-state index in [1.165, 1.54) is 12.1 Å². The smallest absolute Gasteiger partial charge is 0.209 e. The summed E-state index contributed by atoms with van der Waals surface area (Å²) in [7, 11) is 0. The van der Waals surface area contributed by atoms with Crippen LogP contribution in [-0.2, 0) is 4.79 Å². The number of carbonyl (C=O) groups excluding carboxylic acids is 1. The van der Waals surface area contributed by atoms with E-state index in [0.29, 0.717) is 36.8 Å². The van der Waals surface area contributed by atoms with E-state index in [0.717, 1.165) is 24.8 Å². The molecule has 1 aliphatic rings. The van der Waals surface area contributed by atoms with Crippen molar-refractivity contribution in [1.82, 2.24) is 25.1 Å². The summed E-state index contributed by atoms with van der Waals surface area (Å²) in [5.74, 6) is 0.199. The fourth-order valence-corrected chi connectivity index (χ4v) is 2.58. The summed E-state index contributed by atoms with van der Waals surface area (Å²) in [6, 6.07) is 6.17. The molecular formula is C18H24FN7O. The van der Waals surface area contributed by atoms with Gasteiger partial charge in [-0.2, -0.15) is 4.80 Å². The third-order valence-corrected chi connectivity index (χ3v) is 4.31. The molecule has 1 aromatic carbocycles. The molecule has 8 nitrogen and oxygen atoms in total. The summed E-state index contributed by atoms with van der Waals surface area (Å²) in [6.07, 6.45) is 3.18. The zero-order chi connectivity index (χ0) is 19.8. The number of hydrogen-bond donors (Lipinski definition) is 2. The molecule has 1 amide bonds. The minimum absolute atomic E-state index is 0.160. The molecule has 2 aromatic rings. The first-order valence-corrected chi connectivity index (χ1v) is 8.82. The van der Waals surface area contributed by atoms with E-state index in [-0.39, 0.29) is 11.9 Å². The summed E-state index contributed by atoms with van der Waals surface area (Å²) >= 11 is 0. The van der Waals surface area contributed by atoms with Gasteiger partial charge >= 0.3 is 0 Å². The zero-order valence-corrected chi connectivity index (χ0v) is 15.5. The molecule has 0 saturated carbocycles. The number of tetrazole rings is 1. The van der Waals surface area contributed by atoms with Crippen molar-refractivity contribution >= 4 is 17.8 Å². The van der Waals surface area contributed by atoms with Crippen LogP contribution in [0.4, 0.5) is 4.39 Å². The van der Waals surface area contributed by atoms with Crippen LogP contribution in [0.25, 0.3) is 11.4 Å². The Hall–Kier alpha value is -2.97. The van der Waals surface area contributed by atoms with E-state index in [1.807, 2.05) is 6.92 Å². The van der Waals surface area contributed by atoms with Gasteiger partial charge in [0, 0.05) is 24.4 Å². The van der Waals surface area contributed by atoms with Crippen LogP contribution in [0, 0.1) is 16.6 Å². The number of rotatable bonds is 5. The molecule has 1 aromatic heterocycles. The normalized spacial score (nSPS) is 14.3. The number of piperidine rings is 1. The van der Waals surface area contributed by atoms with Gasteiger partial charge in [-0.05, 0) is 55.7 Å². The topological polar surface area (TPSA) is 112 Å². The quantitative estimate of drug-likeness (QED) is 0.620. The molecule has 0 aliphatic carbocycles. The number of likely N-dealkylation sites (tertiary alicyclic amines) is 1. The molecule has 0 spiro atoms. The second-order valence-electron chi connectivity index (χ2n) is 6.27. The van der Waals surface area contributed by atoms with Crippen molar-refractivity contribution in [3.05, 3.63) is 30.1 Å². The van der Waals surface area contributed by atoms with E-state index in [1.54, 1.807) is 28.8 Å². The molecular weight excluding hydrogens is 349 g/mol. The summed E-state index contributed by atoms with van der Waals surface area (Å²) in [6.45, 7) is 4.93. The lowest BCUT2D eigenvalue weighted by Crippen LogP contribution is -2.34. The number of carbonyl (C=O) groups is 1. The Balaban J connectivity index is 0.000000321. The van der Waals surface area contributed by atoms with Gasteiger partial charge in [-0.1, -0.05) is 6.92 Å². The number of hydrogen-bond acceptors (Lipinski definition) is 6. The summed E-state index contributed by atoms with van der Waals surface area (Å²) in [5, 5.41) is 26.3. The lowest BCUT2D eigenvalue weighted by Gasteiger charge is -2.27. The number of halogens is 1. The lowest BCUT2D eigenvalue weighted by molar-refractivity contribution is -0.119.